The van der Waals surface area contributed by atoms with Gasteiger partial charge in [-0.3, -0.25) is 4.79 Å². The van der Waals surface area contributed by atoms with Crippen molar-refractivity contribution in [1.82, 2.24) is 5.32 Å². The molecule has 0 aliphatic heterocycles. The summed E-state index contributed by atoms with van der Waals surface area (Å²) in [6, 6.07) is 8.73. The van der Waals surface area contributed by atoms with E-state index in [2.05, 4.69) is 10.6 Å². The number of amides is 1. The lowest BCUT2D eigenvalue weighted by atomic mass is 10.2. The summed E-state index contributed by atoms with van der Waals surface area (Å²) >= 11 is 10.8. The van der Waals surface area contributed by atoms with E-state index >= 15 is 0 Å². The van der Waals surface area contributed by atoms with Crippen LogP contribution in [0.25, 0.3) is 0 Å². The van der Waals surface area contributed by atoms with Crippen LogP contribution in [0.15, 0.2) is 30.3 Å². The molecule has 0 fully saturated rings. The van der Waals surface area contributed by atoms with Gasteiger partial charge in [0, 0.05) is 18.7 Å². The third kappa shape index (κ3) is 4.70. The maximum absolute atomic E-state index is 11.4. The Kier molecular flexibility index (Phi) is 5.68. The fraction of sp³-hybridized carbons (Fsp3) is 0.364. The number of benzene rings is 1. The number of carbonyl (C=O) groups excluding carboxylic acids is 1. The number of rotatable bonds is 6. The molecule has 0 radical (unpaired) electrons. The second kappa shape index (κ2) is 6.80. The van der Waals surface area contributed by atoms with Crippen molar-refractivity contribution in [3.05, 3.63) is 30.3 Å². The van der Waals surface area contributed by atoms with Crippen molar-refractivity contribution in [3.8, 4) is 0 Å². The molecule has 100 valence electrons. The van der Waals surface area contributed by atoms with E-state index in [-0.39, 0.29) is 13.0 Å². The number of nitrogens with one attached hydrogen (secondary N) is 2. The van der Waals surface area contributed by atoms with E-state index in [1.807, 2.05) is 6.07 Å². The number of aliphatic hydroxyl groups excluding tert-OH is 1. The normalized spacial score (nSPS) is 14.1. The molecule has 1 amide bonds. The first-order valence-corrected chi connectivity index (χ1v) is 6.11. The van der Waals surface area contributed by atoms with E-state index in [9.17, 15) is 9.90 Å². The van der Waals surface area contributed by atoms with Gasteiger partial charge in [-0.15, -0.1) is 0 Å². The molecule has 4 N–H and O–H groups in total. The number of carbonyl (C=O) groups is 1. The van der Waals surface area contributed by atoms with Gasteiger partial charge in [-0.25, -0.2) is 0 Å². The van der Waals surface area contributed by atoms with Gasteiger partial charge in [0.1, 0.15) is 0 Å². The minimum atomic E-state index is -1.81. The Morgan fingerprint density at radius 3 is 2.44 bits per heavy atom. The first kappa shape index (κ1) is 15.0. The lowest BCUT2D eigenvalue weighted by Crippen LogP contribution is -2.56. The summed E-state index contributed by atoms with van der Waals surface area (Å²) in [6.07, 6.45) is -0.117. The number of hydrogen-bond donors (Lipinski definition) is 4. The van der Waals surface area contributed by atoms with Crippen molar-refractivity contribution in [2.75, 3.05) is 11.9 Å². The highest BCUT2D eigenvalue weighted by Crippen LogP contribution is 2.15. The molecule has 0 aliphatic rings. The molecular weight excluding hydrogens is 279 g/mol. The Hall–Kier alpha value is -1.01. The molecule has 1 aromatic rings. The van der Waals surface area contributed by atoms with Crippen molar-refractivity contribution < 1.29 is 15.0 Å². The van der Waals surface area contributed by atoms with E-state index in [4.69, 9.17) is 28.3 Å². The first-order chi connectivity index (χ1) is 8.47. The van der Waals surface area contributed by atoms with Crippen LogP contribution < -0.4 is 10.6 Å². The van der Waals surface area contributed by atoms with Crippen molar-refractivity contribution in [3.63, 3.8) is 0 Å². The summed E-state index contributed by atoms with van der Waals surface area (Å²) in [5.41, 5.74) is 0.578. The predicted molar refractivity (Wildman–Crippen MR) is 70.4 cm³/mol. The third-order valence-electron chi connectivity index (χ3n) is 2.13. The van der Waals surface area contributed by atoms with Crippen molar-refractivity contribution in [2.45, 2.75) is 17.1 Å². The van der Waals surface area contributed by atoms with Crippen LogP contribution in [-0.2, 0) is 4.79 Å². The molecule has 0 saturated carbocycles. The Morgan fingerprint density at radius 2 is 1.94 bits per heavy atom. The molecule has 18 heavy (non-hydrogen) atoms. The summed E-state index contributed by atoms with van der Waals surface area (Å²) in [7, 11) is 0. The van der Waals surface area contributed by atoms with Gasteiger partial charge in [-0.1, -0.05) is 41.4 Å². The van der Waals surface area contributed by atoms with Crippen LogP contribution >= 0.6 is 23.2 Å². The fourth-order valence-electron chi connectivity index (χ4n) is 1.34. The highest BCUT2D eigenvalue weighted by atomic mass is 35.5. The van der Waals surface area contributed by atoms with Gasteiger partial charge < -0.3 is 20.8 Å². The van der Waals surface area contributed by atoms with E-state index in [1.54, 1.807) is 24.3 Å². The zero-order chi connectivity index (χ0) is 13.6. The van der Waals surface area contributed by atoms with Crippen LogP contribution in [0.5, 0.6) is 0 Å². The van der Waals surface area contributed by atoms with Crippen LogP contribution in [0.2, 0.25) is 0 Å². The maximum atomic E-state index is 11.4. The first-order valence-electron chi connectivity index (χ1n) is 5.23. The van der Waals surface area contributed by atoms with E-state index in [0.29, 0.717) is 5.69 Å². The highest BCUT2D eigenvalue weighted by molar-refractivity contribution is 6.53. The Bertz CT molecular complexity index is 389. The molecule has 0 bridgehead atoms. The number of para-hydroxylation sites is 1. The van der Waals surface area contributed by atoms with Gasteiger partial charge in [-0.2, -0.15) is 0 Å². The molecule has 7 heteroatoms. The molecule has 0 aromatic heterocycles. The summed E-state index contributed by atoms with van der Waals surface area (Å²) in [4.78, 5) is 10.1. The van der Waals surface area contributed by atoms with Gasteiger partial charge in [0.25, 0.3) is 5.91 Å². The number of halogens is 2. The lowest BCUT2D eigenvalue weighted by Gasteiger charge is -2.30. The van der Waals surface area contributed by atoms with Crippen molar-refractivity contribution in [1.29, 1.82) is 0 Å². The molecule has 0 saturated heterocycles. The van der Waals surface area contributed by atoms with Gasteiger partial charge in [0.15, 0.2) is 4.84 Å². The van der Waals surface area contributed by atoms with E-state index in [1.165, 1.54) is 0 Å². The predicted octanol–water partition coefficient (Wildman–Crippen LogP) is 1.05. The van der Waals surface area contributed by atoms with Gasteiger partial charge in [0.2, 0.25) is 5.85 Å². The largest absolute Gasteiger partial charge is 0.396 e. The molecule has 1 atom stereocenters. The Labute approximate surface area is 115 Å². The number of aliphatic hydroxyl groups is 2. The van der Waals surface area contributed by atoms with Crippen LogP contribution in [0.3, 0.4) is 0 Å². The van der Waals surface area contributed by atoms with Crippen LogP contribution in [0.1, 0.15) is 6.42 Å². The summed E-state index contributed by atoms with van der Waals surface area (Å²) in [5.74, 6) is -2.56. The number of alkyl halides is 2. The standard InChI is InChI=1S/C11H14Cl2N2O3/c12-9(13)10(17)15-11(18,6-7-16)14-8-4-2-1-3-5-8/h1-5,9,14,16,18H,6-7H2,(H,15,17). The Morgan fingerprint density at radius 1 is 1.33 bits per heavy atom. The highest BCUT2D eigenvalue weighted by Gasteiger charge is 2.30. The molecular formula is C11H14Cl2N2O3. The smallest absolute Gasteiger partial charge is 0.256 e. The summed E-state index contributed by atoms with van der Waals surface area (Å²) < 4.78 is 0. The lowest BCUT2D eigenvalue weighted by molar-refractivity contribution is -0.126. The minimum absolute atomic E-state index is 0.117. The van der Waals surface area contributed by atoms with E-state index < -0.39 is 16.6 Å². The third-order valence-corrected chi connectivity index (χ3v) is 2.52. The summed E-state index contributed by atoms with van der Waals surface area (Å²) in [6.45, 7) is -0.328. The number of hydrogen-bond acceptors (Lipinski definition) is 4. The molecule has 1 rings (SSSR count). The van der Waals surface area contributed by atoms with Crippen molar-refractivity contribution >= 4 is 34.8 Å². The van der Waals surface area contributed by atoms with Gasteiger partial charge >= 0.3 is 0 Å². The molecule has 0 heterocycles. The molecule has 0 spiro atoms. The molecule has 5 nitrogen and oxygen atoms in total. The zero-order valence-corrected chi connectivity index (χ0v) is 10.9. The number of anilines is 1. The minimum Gasteiger partial charge on any atom is -0.396 e. The quantitative estimate of drug-likeness (QED) is 0.467. The molecule has 0 aliphatic carbocycles. The van der Waals surface area contributed by atoms with Gasteiger partial charge in [0.05, 0.1) is 0 Å². The van der Waals surface area contributed by atoms with Crippen molar-refractivity contribution in [2.24, 2.45) is 0 Å². The van der Waals surface area contributed by atoms with E-state index in [0.717, 1.165) is 0 Å². The van der Waals surface area contributed by atoms with Crippen LogP contribution in [0, 0.1) is 0 Å². The average molecular weight is 293 g/mol. The molecule has 1 aromatic carbocycles. The second-order valence-corrected chi connectivity index (χ2v) is 4.71. The molecule has 1 unspecified atom stereocenters. The van der Waals surface area contributed by atoms with Crippen LogP contribution in [0.4, 0.5) is 5.69 Å². The topological polar surface area (TPSA) is 81.6 Å². The average Bonchev–Trinajstić information content (AvgIpc) is 2.29. The SMILES string of the molecule is O=C(NC(O)(CCO)Nc1ccccc1)C(Cl)Cl. The van der Waals surface area contributed by atoms with Crippen LogP contribution in [-0.4, -0.2) is 33.4 Å². The maximum Gasteiger partial charge on any atom is 0.256 e. The summed E-state index contributed by atoms with van der Waals surface area (Å²) in [5, 5.41) is 24.0. The van der Waals surface area contributed by atoms with Gasteiger partial charge in [-0.05, 0) is 12.1 Å². The monoisotopic (exact) mass is 292 g/mol. The Balaban J connectivity index is 2.77. The fourth-order valence-corrected chi connectivity index (χ4v) is 1.45. The zero-order valence-electron chi connectivity index (χ0n) is 9.44. The second-order valence-electron chi connectivity index (χ2n) is 3.61.